The largest absolute Gasteiger partial charge is 0.454 e. The van der Waals surface area contributed by atoms with Gasteiger partial charge in [-0.05, 0) is 51.2 Å². The Morgan fingerprint density at radius 2 is 2.10 bits per heavy atom. The zero-order chi connectivity index (χ0) is 15.0. The molecule has 0 N–H and O–H groups in total. The number of halogens is 1. The van der Waals surface area contributed by atoms with Gasteiger partial charge < -0.3 is 4.74 Å². The molecule has 0 amide bonds. The van der Waals surface area contributed by atoms with Crippen LogP contribution in [0.2, 0.25) is 0 Å². The van der Waals surface area contributed by atoms with Crippen LogP contribution >= 0.6 is 0 Å². The molecule has 0 bridgehead atoms. The van der Waals surface area contributed by atoms with Crippen molar-refractivity contribution in [2.75, 3.05) is 0 Å². The molecule has 0 saturated carbocycles. The molecule has 0 aromatic heterocycles. The van der Waals surface area contributed by atoms with Crippen molar-refractivity contribution in [3.05, 3.63) is 35.1 Å². The molecule has 20 heavy (non-hydrogen) atoms. The van der Waals surface area contributed by atoms with Gasteiger partial charge in [0.1, 0.15) is 11.4 Å². The van der Waals surface area contributed by atoms with Crippen molar-refractivity contribution in [1.29, 1.82) is 0 Å². The second kappa shape index (κ2) is 5.19. The summed E-state index contributed by atoms with van der Waals surface area (Å²) in [4.78, 5) is 12.4. The van der Waals surface area contributed by atoms with Crippen molar-refractivity contribution in [2.24, 2.45) is 5.41 Å². The number of ether oxygens (including phenoxy) is 1. The van der Waals surface area contributed by atoms with E-state index in [2.05, 4.69) is 0 Å². The molecule has 110 valence electrons. The van der Waals surface area contributed by atoms with E-state index >= 15 is 0 Å². The summed E-state index contributed by atoms with van der Waals surface area (Å²) in [6.07, 6.45) is 2.71. The van der Waals surface area contributed by atoms with E-state index in [9.17, 15) is 9.18 Å². The molecule has 0 radical (unpaired) electrons. The van der Waals surface area contributed by atoms with E-state index in [1.165, 1.54) is 6.07 Å². The lowest BCUT2D eigenvalue weighted by atomic mass is 9.88. The summed E-state index contributed by atoms with van der Waals surface area (Å²) in [6, 6.07) is 5.06. The fourth-order valence-corrected chi connectivity index (χ4v) is 2.71. The van der Waals surface area contributed by atoms with Crippen molar-refractivity contribution in [2.45, 2.75) is 59.0 Å². The molecule has 2 nitrogen and oxygen atoms in total. The fraction of sp³-hybridized carbons (Fsp3) is 0.588. The molecule has 1 unspecified atom stereocenters. The molecule has 2 rings (SSSR count). The Bertz CT molecular complexity index is 522. The highest BCUT2D eigenvalue weighted by Gasteiger charge is 2.44. The Morgan fingerprint density at radius 3 is 2.70 bits per heavy atom. The first-order valence-electron chi connectivity index (χ1n) is 7.37. The summed E-state index contributed by atoms with van der Waals surface area (Å²) in [5.74, 6) is -0.386. The second-order valence-electron chi connectivity index (χ2n) is 6.24. The van der Waals surface area contributed by atoms with Gasteiger partial charge in [0, 0.05) is 5.56 Å². The molecular weight excluding hydrogens is 255 g/mol. The van der Waals surface area contributed by atoms with E-state index in [0.717, 1.165) is 12.0 Å². The van der Waals surface area contributed by atoms with Gasteiger partial charge in [0.25, 0.3) is 0 Å². The van der Waals surface area contributed by atoms with Crippen molar-refractivity contribution in [3.8, 4) is 0 Å². The third kappa shape index (κ3) is 2.34. The van der Waals surface area contributed by atoms with Crippen LogP contribution in [0.3, 0.4) is 0 Å². The van der Waals surface area contributed by atoms with Crippen LogP contribution in [0.15, 0.2) is 18.2 Å². The SMILES string of the molecule is CCC(C)(C)C(=O)OC1(CC)CCc2c(F)cccc21. The number of benzene rings is 1. The van der Waals surface area contributed by atoms with Gasteiger partial charge in [-0.1, -0.05) is 26.0 Å². The summed E-state index contributed by atoms with van der Waals surface area (Å²) in [5.41, 5.74) is 0.399. The van der Waals surface area contributed by atoms with Gasteiger partial charge >= 0.3 is 5.97 Å². The highest BCUT2D eigenvalue weighted by molar-refractivity contribution is 5.76. The minimum atomic E-state index is -0.652. The van der Waals surface area contributed by atoms with Gasteiger partial charge in [-0.3, -0.25) is 4.79 Å². The smallest absolute Gasteiger partial charge is 0.312 e. The molecule has 1 aliphatic carbocycles. The molecule has 1 aromatic carbocycles. The van der Waals surface area contributed by atoms with Crippen LogP contribution in [0, 0.1) is 11.2 Å². The Balaban J connectivity index is 2.35. The first kappa shape index (κ1) is 15.0. The number of rotatable bonds is 4. The van der Waals surface area contributed by atoms with Gasteiger partial charge in [0.2, 0.25) is 0 Å². The molecule has 0 saturated heterocycles. The van der Waals surface area contributed by atoms with Gasteiger partial charge in [0.15, 0.2) is 0 Å². The third-order valence-corrected chi connectivity index (χ3v) is 4.68. The zero-order valence-electron chi connectivity index (χ0n) is 12.8. The zero-order valence-corrected chi connectivity index (χ0v) is 12.8. The van der Waals surface area contributed by atoms with Gasteiger partial charge in [-0.25, -0.2) is 4.39 Å². The Hall–Kier alpha value is -1.38. The number of hydrogen-bond acceptors (Lipinski definition) is 2. The molecule has 0 aliphatic heterocycles. The second-order valence-corrected chi connectivity index (χ2v) is 6.24. The maximum Gasteiger partial charge on any atom is 0.312 e. The highest BCUT2D eigenvalue weighted by Crippen LogP contribution is 2.44. The van der Waals surface area contributed by atoms with E-state index in [-0.39, 0.29) is 11.8 Å². The predicted molar refractivity (Wildman–Crippen MR) is 76.9 cm³/mol. The van der Waals surface area contributed by atoms with E-state index in [0.29, 0.717) is 24.8 Å². The molecular formula is C17H23FO2. The van der Waals surface area contributed by atoms with Crippen molar-refractivity contribution < 1.29 is 13.9 Å². The molecule has 0 fully saturated rings. The highest BCUT2D eigenvalue weighted by atomic mass is 19.1. The maximum absolute atomic E-state index is 13.9. The van der Waals surface area contributed by atoms with Crippen LogP contribution in [0.1, 0.15) is 58.1 Å². The van der Waals surface area contributed by atoms with Crippen molar-refractivity contribution in [1.82, 2.24) is 0 Å². The lowest BCUT2D eigenvalue weighted by Gasteiger charge is -2.33. The summed E-state index contributed by atoms with van der Waals surface area (Å²) < 4.78 is 19.7. The Morgan fingerprint density at radius 1 is 1.40 bits per heavy atom. The van der Waals surface area contributed by atoms with Crippen LogP contribution in [0.25, 0.3) is 0 Å². The van der Waals surface area contributed by atoms with Gasteiger partial charge in [-0.2, -0.15) is 0 Å². The fourth-order valence-electron chi connectivity index (χ4n) is 2.71. The van der Waals surface area contributed by atoms with Crippen LogP contribution in [-0.4, -0.2) is 5.97 Å². The van der Waals surface area contributed by atoms with Crippen LogP contribution in [0.4, 0.5) is 4.39 Å². The van der Waals surface area contributed by atoms with Gasteiger partial charge in [-0.15, -0.1) is 0 Å². The summed E-state index contributed by atoms with van der Waals surface area (Å²) in [5, 5.41) is 0. The van der Waals surface area contributed by atoms with Crippen LogP contribution < -0.4 is 0 Å². The first-order chi connectivity index (χ1) is 9.36. The minimum Gasteiger partial charge on any atom is -0.454 e. The lowest BCUT2D eigenvalue weighted by Crippen LogP contribution is -2.36. The maximum atomic E-state index is 13.9. The summed E-state index contributed by atoms with van der Waals surface area (Å²) >= 11 is 0. The number of carbonyl (C=O) groups is 1. The monoisotopic (exact) mass is 278 g/mol. The van der Waals surface area contributed by atoms with E-state index in [4.69, 9.17) is 4.74 Å². The van der Waals surface area contributed by atoms with Crippen molar-refractivity contribution in [3.63, 3.8) is 0 Å². The predicted octanol–water partition coefficient (Wildman–Crippen LogP) is 4.36. The first-order valence-corrected chi connectivity index (χ1v) is 7.37. The summed E-state index contributed by atoms with van der Waals surface area (Å²) in [6.45, 7) is 7.74. The Labute approximate surface area is 120 Å². The molecule has 1 aromatic rings. The molecule has 3 heteroatoms. The van der Waals surface area contributed by atoms with E-state index in [1.807, 2.05) is 33.8 Å². The molecule has 1 aliphatic rings. The standard InChI is InChI=1S/C17H23FO2/c1-5-16(3,4)15(19)20-17(6-2)11-10-12-13(17)8-7-9-14(12)18/h7-9H,5-6,10-11H2,1-4H3. The average Bonchev–Trinajstić information content (AvgIpc) is 2.80. The number of carbonyl (C=O) groups excluding carboxylic acids is 1. The van der Waals surface area contributed by atoms with Crippen LogP contribution in [-0.2, 0) is 21.6 Å². The molecule has 0 spiro atoms. The van der Waals surface area contributed by atoms with E-state index in [1.54, 1.807) is 6.07 Å². The summed E-state index contributed by atoms with van der Waals surface area (Å²) in [7, 11) is 0. The van der Waals surface area contributed by atoms with Crippen LogP contribution in [0.5, 0.6) is 0 Å². The number of hydrogen-bond donors (Lipinski definition) is 0. The Kier molecular flexibility index (Phi) is 3.90. The van der Waals surface area contributed by atoms with Crippen molar-refractivity contribution >= 4 is 5.97 Å². The number of fused-ring (bicyclic) bond motifs is 1. The molecule has 0 heterocycles. The average molecular weight is 278 g/mol. The minimum absolute atomic E-state index is 0.191. The lowest BCUT2D eigenvalue weighted by molar-refractivity contribution is -0.172. The molecule has 1 atom stereocenters. The topological polar surface area (TPSA) is 26.3 Å². The quantitative estimate of drug-likeness (QED) is 0.765. The van der Waals surface area contributed by atoms with E-state index < -0.39 is 11.0 Å². The normalized spacial score (nSPS) is 21.6. The third-order valence-electron chi connectivity index (χ3n) is 4.68. The van der Waals surface area contributed by atoms with Gasteiger partial charge in [0.05, 0.1) is 5.41 Å². The number of esters is 1.